The Hall–Kier alpha value is -2.77. The molecule has 31 heavy (non-hydrogen) atoms. The van der Waals surface area contributed by atoms with Crippen molar-refractivity contribution >= 4 is 18.2 Å². The van der Waals surface area contributed by atoms with E-state index in [0.717, 1.165) is 6.92 Å². The largest absolute Gasteiger partial charge is 0.493 e. The Kier molecular flexibility index (Phi) is 7.92. The van der Waals surface area contributed by atoms with E-state index >= 15 is 0 Å². The van der Waals surface area contributed by atoms with Crippen LogP contribution in [0.2, 0.25) is 0 Å². The van der Waals surface area contributed by atoms with Crippen LogP contribution in [0.25, 0.3) is 0 Å². The Morgan fingerprint density at radius 1 is 1.35 bits per heavy atom. The number of hydrogen-bond acceptors (Lipinski definition) is 10. The van der Waals surface area contributed by atoms with Crippen LogP contribution in [0.4, 0.5) is 0 Å². The van der Waals surface area contributed by atoms with E-state index in [9.17, 15) is 34.8 Å². The monoisotopic (exact) mass is 443 g/mol. The number of amides is 1. The number of methoxy groups -OCH3 is 1. The third kappa shape index (κ3) is 5.29. The first-order valence-electron chi connectivity index (χ1n) is 9.24. The first-order chi connectivity index (χ1) is 14.6. The molecule has 0 spiro atoms. The highest BCUT2D eigenvalue weighted by atomic mass is 16.7. The molecule has 0 unspecified atom stereocenters. The van der Waals surface area contributed by atoms with Crippen LogP contribution in [0, 0.1) is 0 Å². The van der Waals surface area contributed by atoms with Crippen LogP contribution >= 0.6 is 0 Å². The minimum atomic E-state index is -2.56. The summed E-state index contributed by atoms with van der Waals surface area (Å²) < 4.78 is 16.2. The molecule has 1 amide bonds. The molecule has 0 saturated carbocycles. The summed E-state index contributed by atoms with van der Waals surface area (Å²) in [5.74, 6) is -5.00. The van der Waals surface area contributed by atoms with Crippen LogP contribution in [0.1, 0.15) is 23.7 Å². The highest BCUT2D eigenvalue weighted by molar-refractivity contribution is 5.78. The summed E-state index contributed by atoms with van der Waals surface area (Å²) in [4.78, 5) is 34.6. The molecule has 1 aromatic rings. The van der Waals surface area contributed by atoms with Gasteiger partial charge in [0.2, 0.25) is 5.91 Å². The maximum atomic E-state index is 12.1. The molecule has 6 atom stereocenters. The molecule has 0 aromatic heterocycles. The van der Waals surface area contributed by atoms with Gasteiger partial charge in [0.1, 0.15) is 24.6 Å². The van der Waals surface area contributed by atoms with E-state index in [0.29, 0.717) is 6.29 Å². The number of carboxylic acids is 1. The first-order valence-corrected chi connectivity index (χ1v) is 9.24. The normalized spacial score (nSPS) is 27.6. The molecule has 0 radical (unpaired) electrons. The van der Waals surface area contributed by atoms with Gasteiger partial charge in [0.15, 0.2) is 11.5 Å². The van der Waals surface area contributed by atoms with Crippen LogP contribution < -0.4 is 14.8 Å². The number of carbonyl (C=O) groups excluding carboxylic acids is 2. The fourth-order valence-corrected chi connectivity index (χ4v) is 3.25. The van der Waals surface area contributed by atoms with Gasteiger partial charge in [-0.15, -0.1) is 0 Å². The van der Waals surface area contributed by atoms with Crippen molar-refractivity contribution in [1.82, 2.24) is 5.32 Å². The molecular formula is C19H25NO11. The van der Waals surface area contributed by atoms with Gasteiger partial charge < -0.3 is 45.1 Å². The van der Waals surface area contributed by atoms with Crippen molar-refractivity contribution in [2.75, 3.05) is 13.7 Å². The van der Waals surface area contributed by atoms with Crippen molar-refractivity contribution < 1.29 is 54.1 Å². The Balaban J connectivity index is 2.48. The van der Waals surface area contributed by atoms with E-state index in [4.69, 9.17) is 19.3 Å². The van der Waals surface area contributed by atoms with Crippen molar-refractivity contribution in [1.29, 1.82) is 0 Å². The smallest absolute Gasteiger partial charge is 0.377 e. The molecule has 1 heterocycles. The van der Waals surface area contributed by atoms with E-state index in [-0.39, 0.29) is 17.1 Å². The van der Waals surface area contributed by atoms with E-state index in [2.05, 4.69) is 5.32 Å². The second kappa shape index (κ2) is 10.0. The van der Waals surface area contributed by atoms with Gasteiger partial charge in [0.05, 0.1) is 32.3 Å². The van der Waals surface area contributed by atoms with Gasteiger partial charge in [0, 0.05) is 12.5 Å². The van der Waals surface area contributed by atoms with Crippen LogP contribution in [0.5, 0.6) is 11.5 Å². The van der Waals surface area contributed by atoms with Crippen LogP contribution in [0.3, 0.4) is 0 Å². The van der Waals surface area contributed by atoms with Crippen molar-refractivity contribution in [3.05, 3.63) is 23.8 Å². The standard InChI is InChI=1S/C19H25NO11/c1-9(23)20-15-11(24)6-19(18(27)28,31-17(15)16(26)12(25)8-22)30-13-4-3-10(7-21)5-14(13)29-2/h3-5,7,11-12,15-17,22,24-26H,6,8H2,1-2H3,(H,20,23)(H,27,28)/t11-,12+,15+,16+,17+,19-/m0/s1. The van der Waals surface area contributed by atoms with E-state index in [1.165, 1.54) is 25.3 Å². The number of ether oxygens (including phenoxy) is 3. The maximum Gasteiger partial charge on any atom is 0.377 e. The van der Waals surface area contributed by atoms with Crippen molar-refractivity contribution in [2.45, 2.75) is 49.6 Å². The zero-order chi connectivity index (χ0) is 23.3. The topological polar surface area (TPSA) is 192 Å². The van der Waals surface area contributed by atoms with Gasteiger partial charge in [-0.05, 0) is 18.2 Å². The number of aliphatic carboxylic acids is 1. The average Bonchev–Trinajstić information content (AvgIpc) is 2.74. The number of aliphatic hydroxyl groups excluding tert-OH is 4. The average molecular weight is 443 g/mol. The Labute approximate surface area is 177 Å². The SMILES string of the molecule is COc1cc(C=O)ccc1O[C@@]1(C(=O)O)C[C@H](O)[C@@H](NC(C)=O)[C@H]([C@H](O)[C@H](O)CO)O1. The lowest BCUT2D eigenvalue weighted by atomic mass is 9.88. The highest BCUT2D eigenvalue weighted by Gasteiger charge is 2.56. The van der Waals surface area contributed by atoms with Gasteiger partial charge in [-0.3, -0.25) is 9.59 Å². The molecule has 0 aliphatic carbocycles. The summed E-state index contributed by atoms with van der Waals surface area (Å²) >= 11 is 0. The zero-order valence-corrected chi connectivity index (χ0v) is 16.8. The zero-order valence-electron chi connectivity index (χ0n) is 16.8. The molecule has 12 nitrogen and oxygen atoms in total. The number of aldehydes is 1. The number of hydrogen-bond donors (Lipinski definition) is 6. The minimum Gasteiger partial charge on any atom is -0.493 e. The fraction of sp³-hybridized carbons (Fsp3) is 0.526. The molecule has 0 bridgehead atoms. The molecule has 1 aliphatic rings. The van der Waals surface area contributed by atoms with Gasteiger partial charge in [0.25, 0.3) is 0 Å². The van der Waals surface area contributed by atoms with E-state index < -0.39 is 61.1 Å². The predicted molar refractivity (Wildman–Crippen MR) is 102 cm³/mol. The molecule has 1 aliphatic heterocycles. The van der Waals surface area contributed by atoms with Crippen molar-refractivity contribution in [2.24, 2.45) is 0 Å². The fourth-order valence-electron chi connectivity index (χ4n) is 3.25. The molecule has 1 aromatic carbocycles. The predicted octanol–water partition coefficient (Wildman–Crippen LogP) is -1.96. The summed E-state index contributed by atoms with van der Waals surface area (Å²) in [7, 11) is 1.26. The molecule has 6 N–H and O–H groups in total. The van der Waals surface area contributed by atoms with Crippen molar-refractivity contribution in [3.63, 3.8) is 0 Å². The number of benzene rings is 1. The third-order valence-electron chi connectivity index (χ3n) is 4.79. The molecule has 12 heteroatoms. The number of carbonyl (C=O) groups is 3. The lowest BCUT2D eigenvalue weighted by Crippen LogP contribution is -2.68. The first kappa shape index (κ1) is 24.5. The third-order valence-corrected chi connectivity index (χ3v) is 4.79. The lowest BCUT2D eigenvalue weighted by molar-refractivity contribution is -0.284. The van der Waals surface area contributed by atoms with Crippen molar-refractivity contribution in [3.8, 4) is 11.5 Å². The highest BCUT2D eigenvalue weighted by Crippen LogP contribution is 2.38. The number of carboxylic acid groups (broad SMARTS) is 1. The lowest BCUT2D eigenvalue weighted by Gasteiger charge is -2.46. The summed E-state index contributed by atoms with van der Waals surface area (Å²) in [6.45, 7) is 0.236. The van der Waals surface area contributed by atoms with Gasteiger partial charge >= 0.3 is 11.8 Å². The Morgan fingerprint density at radius 2 is 2.03 bits per heavy atom. The van der Waals surface area contributed by atoms with E-state index in [1.54, 1.807) is 0 Å². The number of nitrogens with one attached hydrogen (secondary N) is 1. The van der Waals surface area contributed by atoms with E-state index in [1.807, 2.05) is 0 Å². The quantitative estimate of drug-likeness (QED) is 0.232. The molecular weight excluding hydrogens is 418 g/mol. The maximum absolute atomic E-state index is 12.1. The van der Waals surface area contributed by atoms with Gasteiger partial charge in [-0.2, -0.15) is 0 Å². The molecule has 2 rings (SSSR count). The van der Waals surface area contributed by atoms with Crippen LogP contribution in [-0.4, -0.2) is 93.7 Å². The second-order valence-electron chi connectivity index (χ2n) is 7.01. The second-order valence-corrected chi connectivity index (χ2v) is 7.01. The summed E-state index contributed by atoms with van der Waals surface area (Å²) in [6.07, 6.45) is -7.05. The summed E-state index contributed by atoms with van der Waals surface area (Å²) in [6, 6.07) is 2.57. The number of aliphatic hydroxyl groups is 4. The van der Waals surface area contributed by atoms with Gasteiger partial charge in [-0.1, -0.05) is 0 Å². The molecule has 1 saturated heterocycles. The Bertz CT molecular complexity index is 816. The van der Waals surface area contributed by atoms with Crippen LogP contribution in [0.15, 0.2) is 18.2 Å². The molecule has 1 fully saturated rings. The minimum absolute atomic E-state index is 0.000194. The summed E-state index contributed by atoms with van der Waals surface area (Å²) in [5.41, 5.74) is 0.225. The Morgan fingerprint density at radius 3 is 2.55 bits per heavy atom. The molecule has 172 valence electrons. The van der Waals surface area contributed by atoms with Gasteiger partial charge in [-0.25, -0.2) is 4.79 Å². The summed E-state index contributed by atoms with van der Waals surface area (Å²) in [5, 5.41) is 52.2. The number of rotatable bonds is 9. The van der Waals surface area contributed by atoms with Crippen LogP contribution in [-0.2, 0) is 14.3 Å².